The molecule has 20 heavy (non-hydrogen) atoms. The molecule has 2 rings (SSSR count). The predicted octanol–water partition coefficient (Wildman–Crippen LogP) is 4.01. The standard InChI is InChI=1S/C16H23N3S/c1-4-20-11-10-14-15(17)19(12(2)3)16(18-14)13-8-6-5-7-9-13/h5-9,12H,4,10-11,17H2,1-3H3. The summed E-state index contributed by atoms with van der Waals surface area (Å²) in [7, 11) is 0. The van der Waals surface area contributed by atoms with Gasteiger partial charge in [-0.1, -0.05) is 37.3 Å². The van der Waals surface area contributed by atoms with Crippen LogP contribution >= 0.6 is 11.8 Å². The van der Waals surface area contributed by atoms with Gasteiger partial charge in [-0.2, -0.15) is 11.8 Å². The van der Waals surface area contributed by atoms with E-state index in [9.17, 15) is 0 Å². The number of hydrogen-bond donors (Lipinski definition) is 1. The van der Waals surface area contributed by atoms with E-state index in [2.05, 4.69) is 37.5 Å². The summed E-state index contributed by atoms with van der Waals surface area (Å²) >= 11 is 1.93. The molecule has 0 saturated heterocycles. The van der Waals surface area contributed by atoms with E-state index in [1.54, 1.807) is 0 Å². The number of benzene rings is 1. The van der Waals surface area contributed by atoms with E-state index < -0.39 is 0 Å². The maximum absolute atomic E-state index is 6.32. The lowest BCUT2D eigenvalue weighted by molar-refractivity contribution is 0.614. The Hall–Kier alpha value is -1.42. The van der Waals surface area contributed by atoms with Gasteiger partial charge in [0.15, 0.2) is 0 Å². The first-order chi connectivity index (χ1) is 9.65. The minimum Gasteiger partial charge on any atom is -0.384 e. The summed E-state index contributed by atoms with van der Waals surface area (Å²) in [5.74, 6) is 4.01. The molecule has 0 aliphatic heterocycles. The van der Waals surface area contributed by atoms with Crippen LogP contribution in [0.3, 0.4) is 0 Å². The monoisotopic (exact) mass is 289 g/mol. The van der Waals surface area contributed by atoms with Crippen LogP contribution in [0, 0.1) is 0 Å². The quantitative estimate of drug-likeness (QED) is 0.817. The molecule has 1 aromatic heterocycles. The normalized spacial score (nSPS) is 11.2. The van der Waals surface area contributed by atoms with Crippen molar-refractivity contribution in [3.63, 3.8) is 0 Å². The fraction of sp³-hybridized carbons (Fsp3) is 0.438. The summed E-state index contributed by atoms with van der Waals surface area (Å²) in [6, 6.07) is 10.6. The number of rotatable bonds is 6. The van der Waals surface area contributed by atoms with Gasteiger partial charge < -0.3 is 10.3 Å². The molecule has 0 radical (unpaired) electrons. The Morgan fingerprint density at radius 1 is 1.25 bits per heavy atom. The molecule has 2 aromatic rings. The average Bonchev–Trinajstić information content (AvgIpc) is 2.77. The third-order valence-corrected chi connectivity index (χ3v) is 4.16. The number of nitrogens with zero attached hydrogens (tertiary/aromatic N) is 2. The summed E-state index contributed by atoms with van der Waals surface area (Å²) in [4.78, 5) is 4.80. The Morgan fingerprint density at radius 3 is 2.55 bits per heavy atom. The van der Waals surface area contributed by atoms with Crippen molar-refractivity contribution in [3.8, 4) is 11.4 Å². The molecule has 0 bridgehead atoms. The van der Waals surface area contributed by atoms with Crippen LogP contribution in [0.2, 0.25) is 0 Å². The molecule has 1 heterocycles. The lowest BCUT2D eigenvalue weighted by atomic mass is 10.2. The number of imidazole rings is 1. The molecule has 0 aliphatic rings. The third kappa shape index (κ3) is 3.18. The van der Waals surface area contributed by atoms with Crippen LogP contribution in [0.5, 0.6) is 0 Å². The van der Waals surface area contributed by atoms with Gasteiger partial charge in [0.1, 0.15) is 11.6 Å². The lowest BCUT2D eigenvalue weighted by Gasteiger charge is -2.13. The van der Waals surface area contributed by atoms with Crippen LogP contribution in [0.15, 0.2) is 30.3 Å². The predicted molar refractivity (Wildman–Crippen MR) is 89.2 cm³/mol. The van der Waals surface area contributed by atoms with Gasteiger partial charge in [-0.05, 0) is 25.4 Å². The molecule has 0 fully saturated rings. The highest BCUT2D eigenvalue weighted by atomic mass is 32.2. The van der Waals surface area contributed by atoms with Crippen molar-refractivity contribution in [2.24, 2.45) is 0 Å². The first-order valence-corrected chi connectivity index (χ1v) is 8.30. The second-order valence-corrected chi connectivity index (χ2v) is 6.44. The van der Waals surface area contributed by atoms with Crippen molar-refractivity contribution >= 4 is 17.6 Å². The van der Waals surface area contributed by atoms with E-state index >= 15 is 0 Å². The van der Waals surface area contributed by atoms with Gasteiger partial charge >= 0.3 is 0 Å². The van der Waals surface area contributed by atoms with Crippen molar-refractivity contribution < 1.29 is 0 Å². The first kappa shape index (κ1) is 15.0. The van der Waals surface area contributed by atoms with E-state index in [0.717, 1.165) is 40.8 Å². The van der Waals surface area contributed by atoms with Crippen molar-refractivity contribution in [2.75, 3.05) is 17.2 Å². The topological polar surface area (TPSA) is 43.8 Å². The van der Waals surface area contributed by atoms with Gasteiger partial charge in [-0.15, -0.1) is 0 Å². The van der Waals surface area contributed by atoms with Crippen LogP contribution in [-0.2, 0) is 6.42 Å². The van der Waals surface area contributed by atoms with Gasteiger partial charge in [0.05, 0.1) is 5.69 Å². The summed E-state index contributed by atoms with van der Waals surface area (Å²) < 4.78 is 2.14. The SMILES string of the molecule is CCSCCc1nc(-c2ccccc2)n(C(C)C)c1N. The molecule has 0 aliphatic carbocycles. The van der Waals surface area contributed by atoms with Crippen LogP contribution in [0.25, 0.3) is 11.4 Å². The van der Waals surface area contributed by atoms with Gasteiger partial charge in [0.25, 0.3) is 0 Å². The van der Waals surface area contributed by atoms with Crippen molar-refractivity contribution in [3.05, 3.63) is 36.0 Å². The molecule has 108 valence electrons. The molecular formula is C16H23N3S. The van der Waals surface area contributed by atoms with Gasteiger partial charge in [-0.3, -0.25) is 0 Å². The first-order valence-electron chi connectivity index (χ1n) is 7.14. The molecular weight excluding hydrogens is 266 g/mol. The largest absolute Gasteiger partial charge is 0.384 e. The van der Waals surface area contributed by atoms with Crippen molar-refractivity contribution in [1.82, 2.24) is 9.55 Å². The highest BCUT2D eigenvalue weighted by molar-refractivity contribution is 7.99. The number of anilines is 1. The molecule has 0 amide bonds. The number of nitrogen functional groups attached to an aromatic ring is 1. The van der Waals surface area contributed by atoms with Crippen molar-refractivity contribution in [1.29, 1.82) is 0 Å². The minimum atomic E-state index is 0.310. The second-order valence-electron chi connectivity index (χ2n) is 5.04. The highest BCUT2D eigenvalue weighted by Gasteiger charge is 2.17. The van der Waals surface area contributed by atoms with Crippen molar-refractivity contribution in [2.45, 2.75) is 33.2 Å². The molecule has 0 spiro atoms. The maximum atomic E-state index is 6.32. The highest BCUT2D eigenvalue weighted by Crippen LogP contribution is 2.28. The Labute approximate surface area is 125 Å². The number of hydrogen-bond acceptors (Lipinski definition) is 3. The number of aryl methyl sites for hydroxylation is 1. The Kier molecular flexibility index (Phi) is 5.12. The van der Waals surface area contributed by atoms with Crippen LogP contribution < -0.4 is 5.73 Å². The summed E-state index contributed by atoms with van der Waals surface area (Å²) in [6.07, 6.45) is 0.934. The smallest absolute Gasteiger partial charge is 0.142 e. The molecule has 3 nitrogen and oxygen atoms in total. The molecule has 1 aromatic carbocycles. The Bertz CT molecular complexity index is 546. The molecule has 0 saturated carbocycles. The molecule has 2 N–H and O–H groups in total. The fourth-order valence-corrected chi connectivity index (χ4v) is 2.93. The van der Waals surface area contributed by atoms with E-state index in [1.807, 2.05) is 30.0 Å². The van der Waals surface area contributed by atoms with E-state index in [1.165, 1.54) is 0 Å². The number of thioether (sulfide) groups is 1. The van der Waals surface area contributed by atoms with Crippen LogP contribution in [0.4, 0.5) is 5.82 Å². The number of aromatic nitrogens is 2. The fourth-order valence-electron chi connectivity index (χ4n) is 2.30. The molecule has 4 heteroatoms. The molecule has 0 unspecified atom stereocenters. The Balaban J connectivity index is 2.38. The zero-order valence-electron chi connectivity index (χ0n) is 12.5. The average molecular weight is 289 g/mol. The zero-order valence-corrected chi connectivity index (χ0v) is 13.3. The zero-order chi connectivity index (χ0) is 14.5. The third-order valence-electron chi connectivity index (χ3n) is 3.26. The summed E-state index contributed by atoms with van der Waals surface area (Å²) in [5, 5.41) is 0. The van der Waals surface area contributed by atoms with E-state index in [4.69, 9.17) is 10.7 Å². The van der Waals surface area contributed by atoms with Gasteiger partial charge in [0, 0.05) is 18.0 Å². The number of nitrogens with two attached hydrogens (primary N) is 1. The van der Waals surface area contributed by atoms with Gasteiger partial charge in [0.2, 0.25) is 0 Å². The Morgan fingerprint density at radius 2 is 1.95 bits per heavy atom. The minimum absolute atomic E-state index is 0.310. The second kappa shape index (κ2) is 6.84. The summed E-state index contributed by atoms with van der Waals surface area (Å²) in [6.45, 7) is 6.47. The van der Waals surface area contributed by atoms with Gasteiger partial charge in [-0.25, -0.2) is 4.98 Å². The maximum Gasteiger partial charge on any atom is 0.142 e. The lowest BCUT2D eigenvalue weighted by Crippen LogP contribution is -2.08. The van der Waals surface area contributed by atoms with E-state index in [0.29, 0.717) is 6.04 Å². The molecule has 0 atom stereocenters. The van der Waals surface area contributed by atoms with E-state index in [-0.39, 0.29) is 0 Å². The summed E-state index contributed by atoms with van der Waals surface area (Å²) in [5.41, 5.74) is 8.47. The van der Waals surface area contributed by atoms with Crippen LogP contribution in [0.1, 0.15) is 32.5 Å². The van der Waals surface area contributed by atoms with Crippen LogP contribution in [-0.4, -0.2) is 21.1 Å².